The van der Waals surface area contributed by atoms with Crippen molar-refractivity contribution in [3.63, 3.8) is 0 Å². The Hall–Kier alpha value is -2.79. The molecule has 0 spiro atoms. The lowest BCUT2D eigenvalue weighted by Gasteiger charge is -2.49. The molecule has 0 saturated carbocycles. The zero-order valence-electron chi connectivity index (χ0n) is 49.7. The predicted octanol–water partition coefficient (Wildman–Crippen LogP) is -1.54. The van der Waals surface area contributed by atoms with E-state index < -0.39 is 183 Å². The number of nitrogens with one attached hydrogen (secondary N) is 1. The third-order valence-electron chi connectivity index (χ3n) is 17.5. The number of esters is 1. The first-order chi connectivity index (χ1) is 38.4. The van der Waals surface area contributed by atoms with E-state index in [4.69, 9.17) is 61.6 Å². The van der Waals surface area contributed by atoms with E-state index in [-0.39, 0.29) is 50.5 Å². The Bertz CT molecular complexity index is 2060. The van der Waals surface area contributed by atoms with Crippen LogP contribution in [-0.2, 0) is 66.4 Å². The van der Waals surface area contributed by atoms with Crippen molar-refractivity contribution in [2.45, 2.75) is 247 Å². The molecule has 28 nitrogen and oxygen atoms in total. The minimum atomic E-state index is -1.84. The van der Waals surface area contributed by atoms with Gasteiger partial charge in [0.2, 0.25) is 0 Å². The number of hydrogen-bond donors (Lipinski definition) is 10. The van der Waals surface area contributed by atoms with Crippen LogP contribution in [0.3, 0.4) is 0 Å². The number of likely N-dealkylation sites (N-methyl/N-ethyl adjacent to an activating group) is 2. The summed E-state index contributed by atoms with van der Waals surface area (Å²) in [7, 11) is 6.99. The van der Waals surface area contributed by atoms with Crippen LogP contribution in [0.15, 0.2) is 0 Å². The second kappa shape index (κ2) is 28.4. The number of methoxy groups -OCH3 is 1. The lowest BCUT2D eigenvalue weighted by atomic mass is 9.77. The molecule has 0 aromatic carbocycles. The van der Waals surface area contributed by atoms with Gasteiger partial charge >= 0.3 is 18.2 Å². The average molecular weight is 1190 g/mol. The van der Waals surface area contributed by atoms with E-state index in [2.05, 4.69) is 5.32 Å². The Labute approximate surface area is 479 Å². The largest absolute Gasteiger partial charge is 0.509 e. The molecule has 28 heteroatoms. The number of rotatable bonds is 16. The van der Waals surface area contributed by atoms with Gasteiger partial charge < -0.3 is 118 Å². The summed E-state index contributed by atoms with van der Waals surface area (Å²) in [5.74, 6) is -2.99. The van der Waals surface area contributed by atoms with Crippen molar-refractivity contribution in [1.82, 2.24) is 15.1 Å². The second-order valence-electron chi connectivity index (χ2n) is 24.3. The first kappa shape index (κ1) is 68.3. The molecule has 0 radical (unpaired) electrons. The van der Waals surface area contributed by atoms with E-state index in [9.17, 15) is 60.3 Å². The maximum Gasteiger partial charge on any atom is 0.509 e. The third kappa shape index (κ3) is 15.1. The Morgan fingerprint density at radius 1 is 0.768 bits per heavy atom. The Balaban J connectivity index is 1.18. The highest BCUT2D eigenvalue weighted by Gasteiger charge is 2.59. The molecule has 6 rings (SSSR count). The maximum absolute atomic E-state index is 14.8. The molecular weight excluding hydrogens is 1090 g/mol. The lowest BCUT2D eigenvalue weighted by molar-refractivity contribution is -0.359. The number of alkyl carbamates (subject to hydrolysis) is 1. The van der Waals surface area contributed by atoms with Crippen molar-refractivity contribution in [3.05, 3.63) is 0 Å². The Kier molecular flexibility index (Phi) is 23.6. The molecular formula is C54H95N3O25. The SMILES string of the molecule is CC[C@H]1OC(=O)[C@H](C)[C@@H](O[C@H]2C[C@@](C)(OC)[C@@H](OC(=O)NCCO[C@@H]3O[C@H](CO)[C@@H](O[C@H]4O[C@H](CO)[C@@H](O)[C@H](O)[C@H]4O)[C@H](O)[C@H]3O)[C@H](C)O2)[C@H](C)[C@@H](O[C@@H]2O[C@H](C)C[C@H](N(C)C)[C@H]2O)[C@](C)(O)C[C@@H](C)CN(C)[C@H](C)[C@H]2OC(=O)O[C@@]21C. The van der Waals surface area contributed by atoms with Gasteiger partial charge in [0.15, 0.2) is 43.0 Å². The molecule has 6 saturated heterocycles. The van der Waals surface area contributed by atoms with Crippen molar-refractivity contribution >= 4 is 18.2 Å². The average Bonchev–Trinajstić information content (AvgIpc) is 3.21. The highest BCUT2D eigenvalue weighted by Crippen LogP contribution is 2.43. The van der Waals surface area contributed by atoms with Crippen molar-refractivity contribution < 1.29 is 122 Å². The van der Waals surface area contributed by atoms with E-state index in [1.54, 1.807) is 48.5 Å². The van der Waals surface area contributed by atoms with E-state index in [0.717, 1.165) is 0 Å². The third-order valence-corrected chi connectivity index (χ3v) is 17.5. The van der Waals surface area contributed by atoms with Crippen LogP contribution >= 0.6 is 0 Å². The van der Waals surface area contributed by atoms with Gasteiger partial charge in [0, 0.05) is 44.6 Å². The molecule has 6 aliphatic heterocycles. The van der Waals surface area contributed by atoms with E-state index >= 15 is 0 Å². The van der Waals surface area contributed by atoms with Crippen LogP contribution in [0.4, 0.5) is 9.59 Å². The topological polar surface area (TPSA) is 372 Å². The normalized spacial score (nSPS) is 47.5. The number of aliphatic hydroxyl groups is 9. The maximum atomic E-state index is 14.8. The van der Waals surface area contributed by atoms with Gasteiger partial charge in [-0.2, -0.15) is 0 Å². The molecule has 0 unspecified atom stereocenters. The molecule has 1 amide bonds. The lowest BCUT2D eigenvalue weighted by Crippen LogP contribution is -2.64. The van der Waals surface area contributed by atoms with E-state index in [1.807, 2.05) is 51.7 Å². The van der Waals surface area contributed by atoms with Crippen LogP contribution < -0.4 is 5.32 Å². The summed E-state index contributed by atoms with van der Waals surface area (Å²) in [6.07, 6.45) is -27.6. The standard InChI is InChI=1S/C54H95N3O25/c1-15-33-54(10)44(81-51(68)82-54)28(6)57(13)21-24(2)19-52(8,69)43(79-48-35(60)30(56(11)12)18-25(3)72-48)26(4)41(27(5)46(66)76-33)77-34-20-53(9,70-14)45(29(7)73-34)80-50(67)55-16-17-71-47-40(65)38(63)42(32(23-59)75-47)78-49-39(64)37(62)36(61)31(22-58)74-49/h24-45,47-49,58-65,69H,15-23H2,1-14H3,(H,55,67)/t24-,25-,26+,27-,28-,29+,30+,31-,32-,33-,34+,35-,36-,37+,38-,39-,40-,41+,42-,43-,44-,45+,47-,48+,49-,52-,53-,54-/m1/s1. The molecule has 6 aliphatic rings. The molecule has 0 aromatic rings. The van der Waals surface area contributed by atoms with Gasteiger partial charge in [0.25, 0.3) is 0 Å². The molecule has 10 N–H and O–H groups in total. The van der Waals surface area contributed by atoms with Gasteiger partial charge in [-0.3, -0.25) is 9.69 Å². The number of carbonyl (C=O) groups excluding carboxylic acids is 3. The van der Waals surface area contributed by atoms with E-state index in [0.29, 0.717) is 13.0 Å². The van der Waals surface area contributed by atoms with Crippen LogP contribution in [0.2, 0.25) is 0 Å². The predicted molar refractivity (Wildman–Crippen MR) is 282 cm³/mol. The quantitative estimate of drug-likeness (QED) is 0.0475. The molecule has 0 aliphatic carbocycles. The highest BCUT2D eigenvalue weighted by molar-refractivity contribution is 5.73. The van der Waals surface area contributed by atoms with Crippen LogP contribution in [0.5, 0.6) is 0 Å². The number of ether oxygens (including phenoxy) is 13. The van der Waals surface area contributed by atoms with Gasteiger partial charge in [-0.15, -0.1) is 0 Å². The fraction of sp³-hybridized carbons (Fsp3) is 0.944. The molecule has 6 heterocycles. The molecule has 28 atom stereocenters. The minimum absolute atomic E-state index is 0.0769. The fourth-order valence-corrected chi connectivity index (χ4v) is 12.7. The Morgan fingerprint density at radius 2 is 1.40 bits per heavy atom. The minimum Gasteiger partial charge on any atom is -0.458 e. The summed E-state index contributed by atoms with van der Waals surface area (Å²) in [5, 5.41) is 99.6. The van der Waals surface area contributed by atoms with Crippen molar-refractivity contribution in [1.29, 1.82) is 0 Å². The molecule has 82 heavy (non-hydrogen) atoms. The molecule has 0 bridgehead atoms. The Morgan fingerprint density at radius 3 is 2.02 bits per heavy atom. The number of cyclic esters (lactones) is 1. The van der Waals surface area contributed by atoms with Crippen LogP contribution in [0.1, 0.15) is 94.9 Å². The summed E-state index contributed by atoms with van der Waals surface area (Å²) in [5.41, 5.74) is -4.40. The van der Waals surface area contributed by atoms with Crippen LogP contribution in [-0.4, -0.2) is 287 Å². The number of carbonyl (C=O) groups is 3. The smallest absolute Gasteiger partial charge is 0.458 e. The van der Waals surface area contributed by atoms with Gasteiger partial charge in [-0.1, -0.05) is 20.8 Å². The zero-order valence-corrected chi connectivity index (χ0v) is 49.7. The van der Waals surface area contributed by atoms with Gasteiger partial charge in [-0.25, -0.2) is 9.59 Å². The van der Waals surface area contributed by atoms with Crippen LogP contribution in [0.25, 0.3) is 0 Å². The van der Waals surface area contributed by atoms with Gasteiger partial charge in [0.1, 0.15) is 66.6 Å². The number of nitrogens with zero attached hydrogens (tertiary/aromatic N) is 2. The molecule has 476 valence electrons. The number of fused-ring (bicyclic) bond motifs is 1. The van der Waals surface area contributed by atoms with Crippen molar-refractivity contribution in [3.8, 4) is 0 Å². The summed E-state index contributed by atoms with van der Waals surface area (Å²) in [6, 6.07) is -0.796. The molecule has 6 fully saturated rings. The van der Waals surface area contributed by atoms with Gasteiger partial charge in [0.05, 0.1) is 55.8 Å². The second-order valence-corrected chi connectivity index (χ2v) is 24.3. The van der Waals surface area contributed by atoms with Gasteiger partial charge in [-0.05, 0) is 94.8 Å². The van der Waals surface area contributed by atoms with Crippen molar-refractivity contribution in [2.75, 3.05) is 61.2 Å². The van der Waals surface area contributed by atoms with Crippen molar-refractivity contribution in [2.24, 2.45) is 17.8 Å². The monoisotopic (exact) mass is 1190 g/mol. The summed E-state index contributed by atoms with van der Waals surface area (Å²) >= 11 is 0. The number of hydrogen-bond acceptors (Lipinski definition) is 27. The van der Waals surface area contributed by atoms with E-state index in [1.165, 1.54) is 7.11 Å². The summed E-state index contributed by atoms with van der Waals surface area (Å²) in [4.78, 5) is 45.1. The number of amides is 1. The van der Waals surface area contributed by atoms with Crippen LogP contribution in [0, 0.1) is 17.8 Å². The highest BCUT2D eigenvalue weighted by atomic mass is 16.8. The zero-order chi connectivity index (χ0) is 61.1. The number of aliphatic hydroxyl groups excluding tert-OH is 8. The summed E-state index contributed by atoms with van der Waals surface area (Å²) in [6.45, 7) is 15.9. The first-order valence-electron chi connectivity index (χ1n) is 28.5. The summed E-state index contributed by atoms with van der Waals surface area (Å²) < 4.78 is 78.7. The first-order valence-corrected chi connectivity index (χ1v) is 28.5. The fourth-order valence-electron chi connectivity index (χ4n) is 12.7. The molecule has 0 aromatic heterocycles.